The highest BCUT2D eigenvalue weighted by Crippen LogP contribution is 2.28. The predicted molar refractivity (Wildman–Crippen MR) is 82.4 cm³/mol. The first-order valence-electron chi connectivity index (χ1n) is 8.13. The van der Waals surface area contributed by atoms with Gasteiger partial charge in [0.25, 0.3) is 0 Å². The molecule has 1 rings (SSSR count). The first-order chi connectivity index (χ1) is 10.2. The summed E-state index contributed by atoms with van der Waals surface area (Å²) in [5.74, 6) is -1.01. The van der Waals surface area contributed by atoms with E-state index in [9.17, 15) is 14.4 Å². The summed E-state index contributed by atoms with van der Waals surface area (Å²) in [6, 6.07) is 0. The lowest BCUT2D eigenvalue weighted by Gasteiger charge is -2.24. The standard InChI is InChI=1S/C17H28O5/c1-17(2,3)22-16(21)10-8-12-5-4-6-13(11-15(19)20)14(18)9-7-12/h12-13H,4-11H2,1-3H3,(H,19,20). The average molecular weight is 312 g/mol. The zero-order valence-electron chi connectivity index (χ0n) is 13.9. The Hall–Kier alpha value is -1.39. The number of carboxylic acid groups (broad SMARTS) is 1. The maximum absolute atomic E-state index is 12.0. The zero-order chi connectivity index (χ0) is 16.8. The molecule has 0 heterocycles. The minimum atomic E-state index is -0.902. The third-order valence-electron chi connectivity index (χ3n) is 4.02. The number of ketones is 1. The summed E-state index contributed by atoms with van der Waals surface area (Å²) < 4.78 is 5.30. The Morgan fingerprint density at radius 3 is 2.50 bits per heavy atom. The molecule has 0 aromatic carbocycles. The number of hydrogen-bond donors (Lipinski definition) is 1. The van der Waals surface area contributed by atoms with E-state index in [0.717, 1.165) is 25.7 Å². The number of ether oxygens (including phenoxy) is 1. The Morgan fingerprint density at radius 2 is 1.91 bits per heavy atom. The van der Waals surface area contributed by atoms with Crippen LogP contribution in [0.2, 0.25) is 0 Å². The molecule has 5 nitrogen and oxygen atoms in total. The van der Waals surface area contributed by atoms with Gasteiger partial charge in [-0.05, 0) is 46.0 Å². The summed E-state index contributed by atoms with van der Waals surface area (Å²) in [6.07, 6.45) is 4.69. The number of esters is 1. The third-order valence-corrected chi connectivity index (χ3v) is 4.02. The van der Waals surface area contributed by atoms with Crippen LogP contribution in [0.5, 0.6) is 0 Å². The van der Waals surface area contributed by atoms with Gasteiger partial charge in [-0.1, -0.05) is 12.8 Å². The molecule has 22 heavy (non-hydrogen) atoms. The normalized spacial score (nSPS) is 23.5. The van der Waals surface area contributed by atoms with Gasteiger partial charge in [0.1, 0.15) is 11.4 Å². The van der Waals surface area contributed by atoms with Crippen molar-refractivity contribution >= 4 is 17.7 Å². The molecule has 0 amide bonds. The van der Waals surface area contributed by atoms with E-state index in [1.807, 2.05) is 20.8 Å². The number of aliphatic carboxylic acids is 1. The summed E-state index contributed by atoms with van der Waals surface area (Å²) in [4.78, 5) is 34.5. The number of carbonyl (C=O) groups is 3. The molecular weight excluding hydrogens is 284 g/mol. The van der Waals surface area contributed by atoms with Crippen LogP contribution in [0.1, 0.15) is 72.1 Å². The molecule has 1 fully saturated rings. The smallest absolute Gasteiger partial charge is 0.306 e. The van der Waals surface area contributed by atoms with Crippen molar-refractivity contribution in [1.29, 1.82) is 0 Å². The summed E-state index contributed by atoms with van der Waals surface area (Å²) in [5.41, 5.74) is -0.460. The van der Waals surface area contributed by atoms with E-state index in [1.165, 1.54) is 0 Å². The second-order valence-corrected chi connectivity index (χ2v) is 7.22. The maximum Gasteiger partial charge on any atom is 0.306 e. The molecule has 0 aromatic heterocycles. The lowest BCUT2D eigenvalue weighted by atomic mass is 9.82. The average Bonchev–Trinajstić information content (AvgIpc) is 2.35. The molecule has 0 bridgehead atoms. The van der Waals surface area contributed by atoms with Gasteiger partial charge in [0.05, 0.1) is 6.42 Å². The van der Waals surface area contributed by atoms with Crippen LogP contribution >= 0.6 is 0 Å². The molecular formula is C17H28O5. The first-order valence-corrected chi connectivity index (χ1v) is 8.13. The Bertz CT molecular complexity index is 408. The van der Waals surface area contributed by atoms with E-state index in [-0.39, 0.29) is 24.1 Å². The lowest BCUT2D eigenvalue weighted by Crippen LogP contribution is -2.25. The summed E-state index contributed by atoms with van der Waals surface area (Å²) in [7, 11) is 0. The third kappa shape index (κ3) is 7.57. The van der Waals surface area contributed by atoms with Crippen LogP contribution in [0.25, 0.3) is 0 Å². The van der Waals surface area contributed by atoms with E-state index in [4.69, 9.17) is 9.84 Å². The van der Waals surface area contributed by atoms with Crippen molar-refractivity contribution in [2.75, 3.05) is 0 Å². The molecule has 0 radical (unpaired) electrons. The van der Waals surface area contributed by atoms with Gasteiger partial charge in [-0.2, -0.15) is 0 Å². The molecule has 0 saturated heterocycles. The van der Waals surface area contributed by atoms with E-state index in [2.05, 4.69) is 0 Å². The van der Waals surface area contributed by atoms with Crippen LogP contribution in [-0.4, -0.2) is 28.4 Å². The van der Waals surface area contributed by atoms with Gasteiger partial charge >= 0.3 is 11.9 Å². The highest BCUT2D eigenvalue weighted by Gasteiger charge is 2.26. The molecule has 0 aliphatic heterocycles. The van der Waals surface area contributed by atoms with Crippen molar-refractivity contribution < 1.29 is 24.2 Å². The minimum Gasteiger partial charge on any atom is -0.481 e. The van der Waals surface area contributed by atoms with Crippen LogP contribution in [0.3, 0.4) is 0 Å². The summed E-state index contributed by atoms with van der Waals surface area (Å²) in [6.45, 7) is 5.55. The van der Waals surface area contributed by atoms with Crippen molar-refractivity contribution in [3.63, 3.8) is 0 Å². The summed E-state index contributed by atoms with van der Waals surface area (Å²) in [5, 5.41) is 8.83. The maximum atomic E-state index is 12.0. The summed E-state index contributed by atoms with van der Waals surface area (Å²) >= 11 is 0. The minimum absolute atomic E-state index is 0.0542. The highest BCUT2D eigenvalue weighted by atomic mass is 16.6. The van der Waals surface area contributed by atoms with E-state index >= 15 is 0 Å². The number of Topliss-reactive ketones (excluding diaryl/α,β-unsaturated/α-hetero) is 1. The van der Waals surface area contributed by atoms with Gasteiger partial charge < -0.3 is 9.84 Å². The van der Waals surface area contributed by atoms with Crippen molar-refractivity contribution in [3.05, 3.63) is 0 Å². The molecule has 2 unspecified atom stereocenters. The number of rotatable bonds is 5. The van der Waals surface area contributed by atoms with Crippen molar-refractivity contribution in [3.8, 4) is 0 Å². The van der Waals surface area contributed by atoms with Crippen LogP contribution in [0.4, 0.5) is 0 Å². The van der Waals surface area contributed by atoms with Crippen LogP contribution in [-0.2, 0) is 19.1 Å². The van der Waals surface area contributed by atoms with Gasteiger partial charge in [0, 0.05) is 18.8 Å². The zero-order valence-corrected chi connectivity index (χ0v) is 13.9. The fourth-order valence-electron chi connectivity index (χ4n) is 2.94. The van der Waals surface area contributed by atoms with Gasteiger partial charge in [-0.3, -0.25) is 14.4 Å². The molecule has 2 atom stereocenters. The Kier molecular flexibility index (Phi) is 7.04. The fourth-order valence-corrected chi connectivity index (χ4v) is 2.94. The van der Waals surface area contributed by atoms with Crippen LogP contribution < -0.4 is 0 Å². The molecule has 0 spiro atoms. The van der Waals surface area contributed by atoms with Gasteiger partial charge in [-0.25, -0.2) is 0 Å². The second-order valence-electron chi connectivity index (χ2n) is 7.22. The SMILES string of the molecule is CC(C)(C)OC(=O)CCC1CCCC(CC(=O)O)C(=O)CC1. The number of carboxylic acids is 1. The molecule has 1 saturated carbocycles. The molecule has 1 aliphatic carbocycles. The highest BCUT2D eigenvalue weighted by molar-refractivity contribution is 5.84. The second kappa shape index (κ2) is 8.30. The fraction of sp³-hybridized carbons (Fsp3) is 0.824. The van der Waals surface area contributed by atoms with E-state index in [0.29, 0.717) is 25.2 Å². The molecule has 126 valence electrons. The Balaban J connectivity index is 2.38. The molecule has 1 aliphatic rings. The quantitative estimate of drug-likeness (QED) is 0.787. The predicted octanol–water partition coefficient (Wildman–Crippen LogP) is 3.35. The number of carbonyl (C=O) groups excluding carboxylic acids is 2. The van der Waals surface area contributed by atoms with Crippen molar-refractivity contribution in [2.45, 2.75) is 77.7 Å². The van der Waals surface area contributed by atoms with E-state index in [1.54, 1.807) is 0 Å². The van der Waals surface area contributed by atoms with Crippen LogP contribution in [0.15, 0.2) is 0 Å². The topological polar surface area (TPSA) is 80.7 Å². The van der Waals surface area contributed by atoms with Crippen molar-refractivity contribution in [1.82, 2.24) is 0 Å². The molecule has 5 heteroatoms. The van der Waals surface area contributed by atoms with Gasteiger partial charge in [0.15, 0.2) is 0 Å². The van der Waals surface area contributed by atoms with Gasteiger partial charge in [0.2, 0.25) is 0 Å². The first kappa shape index (κ1) is 18.7. The van der Waals surface area contributed by atoms with Crippen LogP contribution in [0, 0.1) is 11.8 Å². The van der Waals surface area contributed by atoms with Crippen molar-refractivity contribution in [2.24, 2.45) is 11.8 Å². The number of hydrogen-bond acceptors (Lipinski definition) is 4. The van der Waals surface area contributed by atoms with Gasteiger partial charge in [-0.15, -0.1) is 0 Å². The Labute approximate surface area is 132 Å². The lowest BCUT2D eigenvalue weighted by molar-refractivity contribution is -0.155. The Morgan fingerprint density at radius 1 is 1.23 bits per heavy atom. The molecule has 1 N–H and O–H groups in total. The largest absolute Gasteiger partial charge is 0.481 e. The molecule has 0 aromatic rings. The van der Waals surface area contributed by atoms with E-state index < -0.39 is 11.6 Å². The monoisotopic (exact) mass is 312 g/mol.